The molecule has 0 saturated carbocycles. The van der Waals surface area contributed by atoms with Crippen molar-refractivity contribution in [1.29, 1.82) is 0 Å². The zero-order chi connectivity index (χ0) is 12.8. The third-order valence-corrected chi connectivity index (χ3v) is 3.01. The van der Waals surface area contributed by atoms with Crippen LogP contribution in [-0.2, 0) is 4.79 Å². The lowest BCUT2D eigenvalue weighted by Gasteiger charge is -2.31. The second-order valence-corrected chi connectivity index (χ2v) is 4.23. The first-order chi connectivity index (χ1) is 8.16. The van der Waals surface area contributed by atoms with Crippen molar-refractivity contribution in [3.63, 3.8) is 0 Å². The van der Waals surface area contributed by atoms with Gasteiger partial charge in [0.05, 0.1) is 12.2 Å². The van der Waals surface area contributed by atoms with Gasteiger partial charge in [-0.25, -0.2) is 0 Å². The fourth-order valence-electron chi connectivity index (χ4n) is 2.08. The lowest BCUT2D eigenvalue weighted by atomic mass is 10.1. The highest BCUT2D eigenvalue weighted by Crippen LogP contribution is 2.21. The van der Waals surface area contributed by atoms with Crippen molar-refractivity contribution in [3.05, 3.63) is 18.0 Å². The Balaban J connectivity index is 0.000000686. The number of nitrogens with zero attached hydrogens (tertiary/aromatic N) is 3. The highest BCUT2D eigenvalue weighted by atomic mass is 16.2. The summed E-state index contributed by atoms with van der Waals surface area (Å²) in [5.74, 6) is 0.185. The van der Waals surface area contributed by atoms with Crippen LogP contribution < -0.4 is 0 Å². The van der Waals surface area contributed by atoms with Crippen molar-refractivity contribution in [3.8, 4) is 0 Å². The van der Waals surface area contributed by atoms with Gasteiger partial charge >= 0.3 is 0 Å². The molecule has 17 heavy (non-hydrogen) atoms. The van der Waals surface area contributed by atoms with E-state index in [-0.39, 0.29) is 5.91 Å². The van der Waals surface area contributed by atoms with Crippen LogP contribution in [0.4, 0.5) is 0 Å². The van der Waals surface area contributed by atoms with E-state index >= 15 is 0 Å². The van der Waals surface area contributed by atoms with Crippen LogP contribution >= 0.6 is 0 Å². The number of aryl methyl sites for hydroxylation is 1. The fourth-order valence-corrected chi connectivity index (χ4v) is 2.08. The number of carbonyl (C=O) groups is 1. The van der Waals surface area contributed by atoms with Crippen molar-refractivity contribution in [2.75, 3.05) is 13.1 Å². The smallest absolute Gasteiger partial charge is 0.219 e. The Morgan fingerprint density at radius 2 is 1.94 bits per heavy atom. The van der Waals surface area contributed by atoms with E-state index in [9.17, 15) is 4.79 Å². The van der Waals surface area contributed by atoms with E-state index < -0.39 is 0 Å². The number of aromatic nitrogens is 2. The average Bonchev–Trinajstić information content (AvgIpc) is 2.79. The molecule has 1 aromatic heterocycles. The molecule has 0 N–H and O–H groups in total. The third-order valence-electron chi connectivity index (χ3n) is 3.01. The summed E-state index contributed by atoms with van der Waals surface area (Å²) in [4.78, 5) is 13.1. The van der Waals surface area contributed by atoms with Crippen LogP contribution in [0, 0.1) is 6.92 Å². The second-order valence-electron chi connectivity index (χ2n) is 4.23. The zero-order valence-corrected chi connectivity index (χ0v) is 11.3. The van der Waals surface area contributed by atoms with Gasteiger partial charge in [-0.3, -0.25) is 9.48 Å². The van der Waals surface area contributed by atoms with E-state index in [2.05, 4.69) is 11.3 Å². The van der Waals surface area contributed by atoms with Crippen molar-refractivity contribution < 1.29 is 4.79 Å². The molecule has 2 heterocycles. The lowest BCUT2D eigenvalue weighted by Crippen LogP contribution is -2.37. The summed E-state index contributed by atoms with van der Waals surface area (Å²) in [6.07, 6.45) is 5.99. The predicted octanol–water partition coefficient (Wildman–Crippen LogP) is 2.40. The molecule has 1 amide bonds. The molecule has 0 spiro atoms. The molecule has 2 rings (SSSR count). The minimum atomic E-state index is 0.185. The number of hydrogen-bond donors (Lipinski definition) is 0. The fraction of sp³-hybridized carbons (Fsp3) is 0.692. The molecule has 0 bridgehead atoms. The number of rotatable bonds is 1. The van der Waals surface area contributed by atoms with Crippen molar-refractivity contribution in [2.24, 2.45) is 0 Å². The highest BCUT2D eigenvalue weighted by molar-refractivity contribution is 5.73. The quantitative estimate of drug-likeness (QED) is 0.752. The lowest BCUT2D eigenvalue weighted by molar-refractivity contribution is -0.130. The van der Waals surface area contributed by atoms with Gasteiger partial charge in [0.15, 0.2) is 0 Å². The molecule has 1 fully saturated rings. The third kappa shape index (κ3) is 3.58. The summed E-state index contributed by atoms with van der Waals surface area (Å²) in [5, 5.41) is 4.32. The molecule has 0 radical (unpaired) electrons. The van der Waals surface area contributed by atoms with Crippen LogP contribution in [0.5, 0.6) is 0 Å². The maximum Gasteiger partial charge on any atom is 0.219 e. The van der Waals surface area contributed by atoms with Gasteiger partial charge in [-0.2, -0.15) is 5.10 Å². The van der Waals surface area contributed by atoms with Gasteiger partial charge in [-0.05, 0) is 25.3 Å². The van der Waals surface area contributed by atoms with E-state index in [0.29, 0.717) is 6.04 Å². The van der Waals surface area contributed by atoms with Gasteiger partial charge in [-0.15, -0.1) is 0 Å². The molecule has 1 saturated heterocycles. The topological polar surface area (TPSA) is 38.1 Å². The molecule has 4 nitrogen and oxygen atoms in total. The molecule has 1 aromatic rings. The number of amides is 1. The Morgan fingerprint density at radius 3 is 2.35 bits per heavy atom. The maximum atomic E-state index is 11.1. The minimum Gasteiger partial charge on any atom is -0.343 e. The van der Waals surface area contributed by atoms with Crippen LogP contribution in [0.1, 0.15) is 45.2 Å². The van der Waals surface area contributed by atoms with Crippen LogP contribution in [0.2, 0.25) is 0 Å². The van der Waals surface area contributed by atoms with E-state index in [1.165, 1.54) is 5.56 Å². The van der Waals surface area contributed by atoms with Crippen molar-refractivity contribution in [2.45, 2.75) is 46.6 Å². The summed E-state index contributed by atoms with van der Waals surface area (Å²) in [6, 6.07) is 0.467. The Labute approximate surface area is 104 Å². The van der Waals surface area contributed by atoms with Crippen LogP contribution in [0.15, 0.2) is 12.4 Å². The summed E-state index contributed by atoms with van der Waals surface area (Å²) in [7, 11) is 0. The highest BCUT2D eigenvalue weighted by Gasteiger charge is 2.21. The Hall–Kier alpha value is -1.32. The molecular weight excluding hydrogens is 214 g/mol. The first kappa shape index (κ1) is 13.7. The maximum absolute atomic E-state index is 11.1. The summed E-state index contributed by atoms with van der Waals surface area (Å²) >= 11 is 0. The minimum absolute atomic E-state index is 0.185. The molecule has 1 aliphatic rings. The number of hydrogen-bond acceptors (Lipinski definition) is 2. The molecule has 1 aliphatic heterocycles. The second kappa shape index (κ2) is 6.42. The van der Waals surface area contributed by atoms with Crippen LogP contribution in [0.3, 0.4) is 0 Å². The van der Waals surface area contributed by atoms with Gasteiger partial charge in [0, 0.05) is 26.2 Å². The van der Waals surface area contributed by atoms with Gasteiger partial charge in [0.1, 0.15) is 0 Å². The molecule has 0 atom stereocenters. The molecule has 4 heteroatoms. The van der Waals surface area contributed by atoms with Crippen molar-refractivity contribution >= 4 is 5.91 Å². The Morgan fingerprint density at radius 1 is 1.35 bits per heavy atom. The predicted molar refractivity (Wildman–Crippen MR) is 68.8 cm³/mol. The van der Waals surface area contributed by atoms with Gasteiger partial charge in [0.2, 0.25) is 5.91 Å². The molecule has 0 unspecified atom stereocenters. The number of piperidine rings is 1. The first-order valence-corrected chi connectivity index (χ1v) is 6.43. The number of likely N-dealkylation sites (tertiary alicyclic amines) is 1. The summed E-state index contributed by atoms with van der Waals surface area (Å²) < 4.78 is 2.03. The van der Waals surface area contributed by atoms with Crippen LogP contribution in [-0.4, -0.2) is 33.7 Å². The van der Waals surface area contributed by atoms with Gasteiger partial charge in [-0.1, -0.05) is 13.8 Å². The zero-order valence-electron chi connectivity index (χ0n) is 11.3. The Bertz CT molecular complexity index is 351. The summed E-state index contributed by atoms with van der Waals surface area (Å²) in [5.41, 5.74) is 1.20. The average molecular weight is 237 g/mol. The molecule has 96 valence electrons. The normalized spacial score (nSPS) is 16.4. The van der Waals surface area contributed by atoms with Gasteiger partial charge < -0.3 is 4.90 Å². The molecule has 0 aromatic carbocycles. The van der Waals surface area contributed by atoms with Crippen molar-refractivity contribution in [1.82, 2.24) is 14.7 Å². The molecule has 0 aliphatic carbocycles. The standard InChI is InChI=1S/C11H17N3O.C2H6/c1-9-7-12-14(8-9)11-3-5-13(6-4-11)10(2)15;1-2/h7-8,11H,3-6H2,1-2H3;1-2H3. The van der Waals surface area contributed by atoms with Crippen LogP contribution in [0.25, 0.3) is 0 Å². The first-order valence-electron chi connectivity index (χ1n) is 6.43. The van der Waals surface area contributed by atoms with E-state index in [1.807, 2.05) is 36.5 Å². The number of carbonyl (C=O) groups excluding carboxylic acids is 1. The largest absolute Gasteiger partial charge is 0.343 e. The van der Waals surface area contributed by atoms with E-state index in [0.717, 1.165) is 25.9 Å². The monoisotopic (exact) mass is 237 g/mol. The summed E-state index contributed by atoms with van der Waals surface area (Å²) in [6.45, 7) is 9.41. The van der Waals surface area contributed by atoms with Gasteiger partial charge in [0.25, 0.3) is 0 Å². The Kier molecular flexibility index (Phi) is 5.19. The van der Waals surface area contributed by atoms with E-state index in [1.54, 1.807) is 6.92 Å². The molecular formula is C13H23N3O. The van der Waals surface area contributed by atoms with E-state index in [4.69, 9.17) is 0 Å². The SMILES string of the molecule is CC.CC(=O)N1CCC(n2cc(C)cn2)CC1.